The summed E-state index contributed by atoms with van der Waals surface area (Å²) in [6, 6.07) is 10.8. The molecule has 0 saturated heterocycles. The molecule has 0 bridgehead atoms. The third-order valence-electron chi connectivity index (χ3n) is 2.70. The molecule has 0 heterocycles. The number of nitrogens with two attached hydrogens (primary N) is 1. The molecular formula is C14H15ClN2O2. The van der Waals surface area contributed by atoms with Crippen molar-refractivity contribution in [3.63, 3.8) is 0 Å². The highest BCUT2D eigenvalue weighted by atomic mass is 35.5. The van der Waals surface area contributed by atoms with Crippen LogP contribution in [-0.4, -0.2) is 14.2 Å². The average molecular weight is 279 g/mol. The minimum absolute atomic E-state index is 0.582. The number of halogens is 1. The normalized spacial score (nSPS) is 10.1. The molecule has 0 spiro atoms. The zero-order valence-corrected chi connectivity index (χ0v) is 11.5. The van der Waals surface area contributed by atoms with Gasteiger partial charge in [0.1, 0.15) is 11.5 Å². The fourth-order valence-electron chi connectivity index (χ4n) is 1.65. The van der Waals surface area contributed by atoms with Crippen molar-refractivity contribution in [3.05, 3.63) is 41.4 Å². The smallest absolute Gasteiger partial charge is 0.121 e. The van der Waals surface area contributed by atoms with Crippen molar-refractivity contribution in [2.45, 2.75) is 0 Å². The number of hydrogen-bond acceptors (Lipinski definition) is 4. The lowest BCUT2D eigenvalue weighted by Gasteiger charge is -2.13. The second-order valence-corrected chi connectivity index (χ2v) is 4.33. The average Bonchev–Trinajstić information content (AvgIpc) is 2.43. The summed E-state index contributed by atoms with van der Waals surface area (Å²) >= 11 is 6.13. The van der Waals surface area contributed by atoms with Gasteiger partial charge in [-0.05, 0) is 24.3 Å². The van der Waals surface area contributed by atoms with Gasteiger partial charge in [0.15, 0.2) is 0 Å². The Morgan fingerprint density at radius 3 is 2.21 bits per heavy atom. The summed E-state index contributed by atoms with van der Waals surface area (Å²) < 4.78 is 10.3. The molecule has 4 nitrogen and oxygen atoms in total. The van der Waals surface area contributed by atoms with E-state index < -0.39 is 0 Å². The van der Waals surface area contributed by atoms with Crippen LogP contribution in [0.15, 0.2) is 36.4 Å². The van der Waals surface area contributed by atoms with E-state index in [2.05, 4.69) is 5.32 Å². The lowest BCUT2D eigenvalue weighted by atomic mass is 10.2. The molecule has 0 saturated carbocycles. The maximum atomic E-state index is 6.13. The first-order valence-corrected chi connectivity index (χ1v) is 6.06. The van der Waals surface area contributed by atoms with Crippen molar-refractivity contribution in [1.29, 1.82) is 0 Å². The first-order chi connectivity index (χ1) is 9.13. The quantitative estimate of drug-likeness (QED) is 0.838. The van der Waals surface area contributed by atoms with Crippen LogP contribution >= 0.6 is 11.6 Å². The lowest BCUT2D eigenvalue weighted by molar-refractivity contribution is 0.415. The van der Waals surface area contributed by atoms with E-state index >= 15 is 0 Å². The number of nitrogens with one attached hydrogen (secondary N) is 1. The van der Waals surface area contributed by atoms with Gasteiger partial charge in [-0.15, -0.1) is 0 Å². The van der Waals surface area contributed by atoms with Crippen molar-refractivity contribution >= 4 is 28.7 Å². The first kappa shape index (κ1) is 13.4. The Balaban J connectivity index is 2.30. The molecule has 0 aliphatic rings. The van der Waals surface area contributed by atoms with Crippen molar-refractivity contribution in [1.82, 2.24) is 0 Å². The SMILES string of the molecule is COc1ccc(Nc2cc(OC)ccc2Cl)c(N)c1. The van der Waals surface area contributed by atoms with Crippen LogP contribution in [-0.2, 0) is 0 Å². The molecule has 19 heavy (non-hydrogen) atoms. The summed E-state index contributed by atoms with van der Waals surface area (Å²) in [6.45, 7) is 0. The van der Waals surface area contributed by atoms with Crippen LogP contribution < -0.4 is 20.5 Å². The molecule has 3 N–H and O–H groups in total. The summed E-state index contributed by atoms with van der Waals surface area (Å²) in [5.41, 5.74) is 8.02. The molecule has 2 rings (SSSR count). The van der Waals surface area contributed by atoms with E-state index in [1.807, 2.05) is 18.2 Å². The van der Waals surface area contributed by atoms with Gasteiger partial charge in [0.05, 0.1) is 36.3 Å². The van der Waals surface area contributed by atoms with Crippen LogP contribution in [0.2, 0.25) is 5.02 Å². The highest BCUT2D eigenvalue weighted by Crippen LogP contribution is 2.32. The van der Waals surface area contributed by atoms with E-state index in [1.54, 1.807) is 32.4 Å². The monoisotopic (exact) mass is 278 g/mol. The second kappa shape index (κ2) is 5.71. The van der Waals surface area contributed by atoms with Gasteiger partial charge in [0, 0.05) is 12.1 Å². The Kier molecular flexibility index (Phi) is 4.02. The molecule has 0 fully saturated rings. The van der Waals surface area contributed by atoms with E-state index in [1.165, 1.54) is 0 Å². The Hall–Kier alpha value is -2.07. The zero-order chi connectivity index (χ0) is 13.8. The maximum Gasteiger partial charge on any atom is 0.121 e. The lowest BCUT2D eigenvalue weighted by Crippen LogP contribution is -1.98. The van der Waals surface area contributed by atoms with Gasteiger partial charge in [-0.3, -0.25) is 0 Å². The van der Waals surface area contributed by atoms with Gasteiger partial charge >= 0.3 is 0 Å². The van der Waals surface area contributed by atoms with E-state index in [-0.39, 0.29) is 0 Å². The third-order valence-corrected chi connectivity index (χ3v) is 3.03. The van der Waals surface area contributed by atoms with E-state index in [0.717, 1.165) is 17.1 Å². The summed E-state index contributed by atoms with van der Waals surface area (Å²) in [4.78, 5) is 0. The van der Waals surface area contributed by atoms with Gasteiger partial charge in [-0.1, -0.05) is 11.6 Å². The largest absolute Gasteiger partial charge is 0.497 e. The molecule has 5 heteroatoms. The molecule has 0 aliphatic carbocycles. The van der Waals surface area contributed by atoms with E-state index in [0.29, 0.717) is 16.5 Å². The maximum absolute atomic E-state index is 6.13. The molecule has 2 aromatic rings. The predicted molar refractivity (Wildman–Crippen MR) is 78.7 cm³/mol. The van der Waals surface area contributed by atoms with Gasteiger partial charge in [0.25, 0.3) is 0 Å². The number of nitrogen functional groups attached to an aromatic ring is 1. The Morgan fingerprint density at radius 2 is 1.58 bits per heavy atom. The minimum Gasteiger partial charge on any atom is -0.497 e. The van der Waals surface area contributed by atoms with Crippen LogP contribution in [0.1, 0.15) is 0 Å². The van der Waals surface area contributed by atoms with Gasteiger partial charge in [-0.25, -0.2) is 0 Å². The zero-order valence-electron chi connectivity index (χ0n) is 10.7. The molecular weight excluding hydrogens is 264 g/mol. The molecule has 0 aliphatic heterocycles. The Labute approximate surface area is 117 Å². The van der Waals surface area contributed by atoms with Crippen LogP contribution in [0.25, 0.3) is 0 Å². The molecule has 0 amide bonds. The molecule has 0 atom stereocenters. The first-order valence-electron chi connectivity index (χ1n) is 5.68. The summed E-state index contributed by atoms with van der Waals surface area (Å²) in [7, 11) is 3.20. The van der Waals surface area contributed by atoms with Crippen LogP contribution in [0.5, 0.6) is 11.5 Å². The van der Waals surface area contributed by atoms with Crippen molar-refractivity contribution in [2.24, 2.45) is 0 Å². The summed E-state index contributed by atoms with van der Waals surface area (Å²) in [5.74, 6) is 1.43. The number of hydrogen-bond donors (Lipinski definition) is 2. The van der Waals surface area contributed by atoms with Gasteiger partial charge < -0.3 is 20.5 Å². The number of anilines is 3. The van der Waals surface area contributed by atoms with Gasteiger partial charge in [0.2, 0.25) is 0 Å². The third kappa shape index (κ3) is 3.03. The Morgan fingerprint density at radius 1 is 0.947 bits per heavy atom. The predicted octanol–water partition coefficient (Wildman–Crippen LogP) is 3.68. The number of rotatable bonds is 4. The van der Waals surface area contributed by atoms with Crippen molar-refractivity contribution in [2.75, 3.05) is 25.3 Å². The second-order valence-electron chi connectivity index (χ2n) is 3.92. The molecule has 2 aromatic carbocycles. The van der Waals surface area contributed by atoms with Crippen molar-refractivity contribution < 1.29 is 9.47 Å². The van der Waals surface area contributed by atoms with Crippen LogP contribution in [0.3, 0.4) is 0 Å². The topological polar surface area (TPSA) is 56.5 Å². The molecule has 0 radical (unpaired) electrons. The number of ether oxygens (including phenoxy) is 2. The van der Waals surface area contributed by atoms with Gasteiger partial charge in [-0.2, -0.15) is 0 Å². The molecule has 100 valence electrons. The fourth-order valence-corrected chi connectivity index (χ4v) is 1.82. The Bertz CT molecular complexity index is 588. The molecule has 0 aromatic heterocycles. The minimum atomic E-state index is 0.582. The number of methoxy groups -OCH3 is 2. The highest BCUT2D eigenvalue weighted by molar-refractivity contribution is 6.33. The van der Waals surface area contributed by atoms with E-state index in [4.69, 9.17) is 26.8 Å². The number of benzene rings is 2. The van der Waals surface area contributed by atoms with Crippen LogP contribution in [0, 0.1) is 0 Å². The fraction of sp³-hybridized carbons (Fsp3) is 0.143. The molecule has 0 unspecified atom stereocenters. The van der Waals surface area contributed by atoms with Crippen LogP contribution in [0.4, 0.5) is 17.1 Å². The summed E-state index contributed by atoms with van der Waals surface area (Å²) in [6.07, 6.45) is 0. The van der Waals surface area contributed by atoms with E-state index in [9.17, 15) is 0 Å². The summed E-state index contributed by atoms with van der Waals surface area (Å²) in [5, 5.41) is 3.77. The van der Waals surface area contributed by atoms with Crippen molar-refractivity contribution in [3.8, 4) is 11.5 Å². The highest BCUT2D eigenvalue weighted by Gasteiger charge is 2.06. The standard InChI is InChI=1S/C14H15ClN2O2/c1-18-9-4-6-13(12(16)7-9)17-14-8-10(19-2)3-5-11(14)15/h3-8,17H,16H2,1-2H3.